The Labute approximate surface area is 134 Å². The third-order valence-electron chi connectivity index (χ3n) is 3.66. The van der Waals surface area contributed by atoms with Gasteiger partial charge in [-0.05, 0) is 74.2 Å². The topological polar surface area (TPSA) is 18.5 Å². The van der Waals surface area contributed by atoms with Crippen LogP contribution in [0, 0.1) is 12.1 Å². The van der Waals surface area contributed by atoms with Crippen molar-refractivity contribution < 1.29 is 9.47 Å². The Bertz CT molecular complexity index is 538. The van der Waals surface area contributed by atoms with E-state index in [9.17, 15) is 0 Å². The van der Waals surface area contributed by atoms with Gasteiger partial charge in [-0.1, -0.05) is 26.0 Å². The van der Waals surface area contributed by atoms with Crippen LogP contribution in [0.2, 0.25) is 0 Å². The van der Waals surface area contributed by atoms with Gasteiger partial charge >= 0.3 is 0 Å². The third-order valence-corrected chi connectivity index (χ3v) is 3.66. The fraction of sp³-hybridized carbons (Fsp3) is 0.400. The van der Waals surface area contributed by atoms with Crippen molar-refractivity contribution in [2.75, 3.05) is 0 Å². The van der Waals surface area contributed by atoms with Crippen molar-refractivity contribution in [3.05, 3.63) is 48.5 Å². The van der Waals surface area contributed by atoms with Crippen LogP contribution in [0.1, 0.15) is 40.5 Å². The SMILES string of the molecule is CCC(C)Oc1cc[c]c(-c2[c]ccc(OC(C)CC)c2)c1. The average molecular weight is 296 g/mol. The first kappa shape index (κ1) is 16.4. The second kappa shape index (κ2) is 7.88. The Morgan fingerprint density at radius 1 is 0.818 bits per heavy atom. The van der Waals surface area contributed by atoms with Crippen molar-refractivity contribution in [3.63, 3.8) is 0 Å². The number of ether oxygens (including phenoxy) is 2. The van der Waals surface area contributed by atoms with E-state index in [0.29, 0.717) is 0 Å². The molecule has 0 aliphatic rings. The summed E-state index contributed by atoms with van der Waals surface area (Å²) in [4.78, 5) is 0. The lowest BCUT2D eigenvalue weighted by atomic mass is 10.1. The molecule has 2 unspecified atom stereocenters. The smallest absolute Gasteiger partial charge is 0.120 e. The van der Waals surface area contributed by atoms with E-state index in [4.69, 9.17) is 9.47 Å². The molecule has 0 saturated carbocycles. The molecule has 0 spiro atoms. The molecule has 22 heavy (non-hydrogen) atoms. The monoisotopic (exact) mass is 296 g/mol. The van der Waals surface area contributed by atoms with Crippen LogP contribution in [-0.4, -0.2) is 12.2 Å². The van der Waals surface area contributed by atoms with Crippen LogP contribution in [0.4, 0.5) is 0 Å². The minimum absolute atomic E-state index is 0.208. The fourth-order valence-electron chi connectivity index (χ4n) is 1.98. The number of hydrogen-bond acceptors (Lipinski definition) is 2. The van der Waals surface area contributed by atoms with Crippen molar-refractivity contribution in [2.24, 2.45) is 0 Å². The van der Waals surface area contributed by atoms with Gasteiger partial charge in [0.2, 0.25) is 0 Å². The first-order valence-corrected chi connectivity index (χ1v) is 7.99. The molecular weight excluding hydrogens is 272 g/mol. The maximum absolute atomic E-state index is 5.87. The summed E-state index contributed by atoms with van der Waals surface area (Å²) in [5.41, 5.74) is 1.94. The normalized spacial score (nSPS) is 13.5. The zero-order valence-electron chi connectivity index (χ0n) is 13.8. The number of rotatable bonds is 7. The first-order chi connectivity index (χ1) is 10.6. The standard InChI is InChI=1S/C20H24O2/c1-5-15(3)21-19-11-7-9-17(13-19)18-10-8-12-20(14-18)22-16(4)6-2/h7-8,11-16H,5-6H2,1-4H3. The molecule has 0 heterocycles. The van der Waals surface area contributed by atoms with E-state index in [2.05, 4.69) is 39.8 Å². The van der Waals surface area contributed by atoms with Crippen LogP contribution in [-0.2, 0) is 0 Å². The van der Waals surface area contributed by atoms with E-state index in [0.717, 1.165) is 35.5 Å². The molecular formula is C20H24O2. The van der Waals surface area contributed by atoms with E-state index >= 15 is 0 Å². The highest BCUT2D eigenvalue weighted by Crippen LogP contribution is 2.27. The summed E-state index contributed by atoms with van der Waals surface area (Å²) < 4.78 is 11.7. The summed E-state index contributed by atoms with van der Waals surface area (Å²) >= 11 is 0. The van der Waals surface area contributed by atoms with Gasteiger partial charge in [-0.3, -0.25) is 0 Å². The van der Waals surface area contributed by atoms with Crippen LogP contribution < -0.4 is 9.47 Å². The minimum Gasteiger partial charge on any atom is -0.491 e. The molecule has 0 fully saturated rings. The average Bonchev–Trinajstić information content (AvgIpc) is 2.55. The van der Waals surface area contributed by atoms with Crippen LogP contribution in [0.15, 0.2) is 36.4 Å². The van der Waals surface area contributed by atoms with E-state index in [1.165, 1.54) is 0 Å². The molecule has 0 aliphatic heterocycles. The molecule has 0 bridgehead atoms. The Morgan fingerprint density at radius 2 is 1.23 bits per heavy atom. The van der Waals surface area contributed by atoms with Crippen molar-refractivity contribution in [2.45, 2.75) is 52.7 Å². The molecule has 2 aromatic rings. The van der Waals surface area contributed by atoms with E-state index < -0.39 is 0 Å². The summed E-state index contributed by atoms with van der Waals surface area (Å²) in [5.74, 6) is 1.73. The molecule has 0 saturated heterocycles. The van der Waals surface area contributed by atoms with E-state index in [-0.39, 0.29) is 12.2 Å². The Balaban J connectivity index is 2.20. The van der Waals surface area contributed by atoms with Crippen LogP contribution in [0.25, 0.3) is 11.1 Å². The van der Waals surface area contributed by atoms with Crippen molar-refractivity contribution >= 4 is 0 Å². The van der Waals surface area contributed by atoms with Crippen LogP contribution in [0.5, 0.6) is 11.5 Å². The van der Waals surface area contributed by atoms with Crippen LogP contribution >= 0.6 is 0 Å². The van der Waals surface area contributed by atoms with Gasteiger partial charge < -0.3 is 9.47 Å². The Hall–Kier alpha value is -1.96. The Kier molecular flexibility index (Phi) is 5.88. The van der Waals surface area contributed by atoms with Crippen molar-refractivity contribution in [1.82, 2.24) is 0 Å². The molecule has 2 nitrogen and oxygen atoms in total. The molecule has 2 radical (unpaired) electrons. The lowest BCUT2D eigenvalue weighted by Crippen LogP contribution is -2.09. The largest absolute Gasteiger partial charge is 0.491 e. The number of benzene rings is 2. The summed E-state index contributed by atoms with van der Waals surface area (Å²) in [6.45, 7) is 8.38. The second-order valence-electron chi connectivity index (χ2n) is 5.55. The van der Waals surface area contributed by atoms with Gasteiger partial charge in [-0.25, -0.2) is 0 Å². The first-order valence-electron chi connectivity index (χ1n) is 7.99. The quantitative estimate of drug-likeness (QED) is 0.689. The molecule has 2 rings (SSSR count). The lowest BCUT2D eigenvalue weighted by Gasteiger charge is -2.15. The summed E-state index contributed by atoms with van der Waals surface area (Å²) in [6.07, 6.45) is 2.38. The second-order valence-corrected chi connectivity index (χ2v) is 5.55. The number of hydrogen-bond donors (Lipinski definition) is 0. The maximum atomic E-state index is 5.87. The lowest BCUT2D eigenvalue weighted by molar-refractivity contribution is 0.217. The minimum atomic E-state index is 0.208. The van der Waals surface area contributed by atoms with E-state index in [1.807, 2.05) is 36.4 Å². The highest BCUT2D eigenvalue weighted by atomic mass is 16.5. The third kappa shape index (κ3) is 4.52. The molecule has 0 aromatic heterocycles. The molecule has 0 N–H and O–H groups in total. The summed E-state index contributed by atoms with van der Waals surface area (Å²) in [7, 11) is 0. The van der Waals surface area contributed by atoms with Gasteiger partial charge in [0, 0.05) is 0 Å². The van der Waals surface area contributed by atoms with Gasteiger partial charge in [0.05, 0.1) is 12.2 Å². The van der Waals surface area contributed by atoms with Crippen LogP contribution in [0.3, 0.4) is 0 Å². The summed E-state index contributed by atoms with van der Waals surface area (Å²) in [6, 6.07) is 18.2. The predicted molar refractivity (Wildman–Crippen MR) is 90.3 cm³/mol. The fourth-order valence-corrected chi connectivity index (χ4v) is 1.98. The van der Waals surface area contributed by atoms with Crippen molar-refractivity contribution in [1.29, 1.82) is 0 Å². The van der Waals surface area contributed by atoms with E-state index in [1.54, 1.807) is 0 Å². The molecule has 2 aromatic carbocycles. The molecule has 0 aliphatic carbocycles. The predicted octanol–water partition coefficient (Wildman–Crippen LogP) is 5.31. The van der Waals surface area contributed by atoms with Gasteiger partial charge in [-0.2, -0.15) is 0 Å². The highest BCUT2D eigenvalue weighted by molar-refractivity contribution is 5.65. The van der Waals surface area contributed by atoms with Gasteiger partial charge in [-0.15, -0.1) is 0 Å². The van der Waals surface area contributed by atoms with Crippen molar-refractivity contribution in [3.8, 4) is 22.6 Å². The maximum Gasteiger partial charge on any atom is 0.120 e. The van der Waals surface area contributed by atoms with Gasteiger partial charge in [0.25, 0.3) is 0 Å². The zero-order chi connectivity index (χ0) is 15.9. The van der Waals surface area contributed by atoms with Gasteiger partial charge in [0.15, 0.2) is 0 Å². The molecule has 0 amide bonds. The molecule has 116 valence electrons. The molecule has 2 heteroatoms. The van der Waals surface area contributed by atoms with Gasteiger partial charge in [0.1, 0.15) is 11.5 Å². The molecule has 2 atom stereocenters. The highest BCUT2D eigenvalue weighted by Gasteiger charge is 2.06. The Morgan fingerprint density at radius 3 is 1.59 bits per heavy atom. The summed E-state index contributed by atoms with van der Waals surface area (Å²) in [5, 5.41) is 0. The zero-order valence-corrected chi connectivity index (χ0v) is 13.8.